The number of carbonyl (C=O) groups is 2. The maximum Gasteiger partial charge on any atom is 0.253 e. The maximum absolute atomic E-state index is 13.9. The number of hydrogen-bond acceptors (Lipinski definition) is 3. The van der Waals surface area contributed by atoms with Gasteiger partial charge in [-0.05, 0) is 49.6 Å². The molecule has 0 spiro atoms. The first-order valence-corrected chi connectivity index (χ1v) is 15.1. The molecule has 0 saturated heterocycles. The summed E-state index contributed by atoms with van der Waals surface area (Å²) in [6.07, 6.45) is 1.31. The standard InChI is InChI=1S/C36H32N4O3/c1-36-18-21(17-27(33(36)43-3)38(2)35(42)20-11-5-4-6-12-20)39-25-15-9-7-13-22(25)29-30-24(19-37-34(30)41)28-23-14-8-10-16-26(23)40(36)32(28)31(29)39/h4-16,21,27,33H,17-19H2,1-3H3,(H,37,41)/t21-,27?,33?,36-/m0/s1. The van der Waals surface area contributed by atoms with Crippen LogP contribution in [0.1, 0.15) is 52.1 Å². The molecule has 1 aliphatic carbocycles. The van der Waals surface area contributed by atoms with Crippen LogP contribution in [-0.4, -0.2) is 52.2 Å². The van der Waals surface area contributed by atoms with Crippen molar-refractivity contribution in [1.29, 1.82) is 0 Å². The van der Waals surface area contributed by atoms with Crippen molar-refractivity contribution in [2.45, 2.75) is 50.0 Å². The molecule has 4 heterocycles. The summed E-state index contributed by atoms with van der Waals surface area (Å²) in [6, 6.07) is 26.5. The highest BCUT2D eigenvalue weighted by Gasteiger charge is 2.53. The van der Waals surface area contributed by atoms with Gasteiger partial charge < -0.3 is 24.1 Å². The second kappa shape index (κ2) is 8.48. The van der Waals surface area contributed by atoms with E-state index < -0.39 is 5.54 Å². The van der Waals surface area contributed by atoms with E-state index in [-0.39, 0.29) is 30.0 Å². The lowest BCUT2D eigenvalue weighted by Gasteiger charge is -2.51. The zero-order valence-electron chi connectivity index (χ0n) is 24.4. The molecule has 7 nitrogen and oxygen atoms in total. The zero-order valence-corrected chi connectivity index (χ0v) is 24.4. The lowest BCUT2D eigenvalue weighted by Crippen LogP contribution is -2.60. The Morgan fingerprint density at radius 2 is 1.60 bits per heavy atom. The Bertz CT molecular complexity index is 2180. The van der Waals surface area contributed by atoms with Crippen molar-refractivity contribution in [3.8, 4) is 0 Å². The van der Waals surface area contributed by atoms with Crippen molar-refractivity contribution in [3.05, 3.63) is 95.6 Å². The zero-order chi connectivity index (χ0) is 29.2. The number of carbonyl (C=O) groups excluding carboxylic acids is 2. The monoisotopic (exact) mass is 568 g/mol. The van der Waals surface area contributed by atoms with Crippen LogP contribution in [0.25, 0.3) is 43.6 Å². The Labute approximate surface area is 248 Å². The third kappa shape index (κ3) is 2.98. The predicted octanol–water partition coefficient (Wildman–Crippen LogP) is 6.37. The summed E-state index contributed by atoms with van der Waals surface area (Å²) in [7, 11) is 3.71. The molecule has 2 aromatic heterocycles. The van der Waals surface area contributed by atoms with Crippen LogP contribution in [0, 0.1) is 0 Å². The number of likely N-dealkylation sites (N-methyl/N-ethyl adjacent to an activating group) is 1. The summed E-state index contributed by atoms with van der Waals surface area (Å²) in [4.78, 5) is 29.4. The van der Waals surface area contributed by atoms with E-state index in [0.717, 1.165) is 67.6 Å². The number of fused-ring (bicyclic) bond motifs is 13. The molecule has 2 bridgehead atoms. The number of aromatic nitrogens is 2. The van der Waals surface area contributed by atoms with Crippen LogP contribution in [0.2, 0.25) is 0 Å². The molecule has 2 amide bonds. The molecule has 214 valence electrons. The van der Waals surface area contributed by atoms with Crippen molar-refractivity contribution in [1.82, 2.24) is 19.4 Å². The fourth-order valence-electron chi connectivity index (χ4n) is 9.00. The van der Waals surface area contributed by atoms with Gasteiger partial charge in [0.05, 0.1) is 28.2 Å². The number of nitrogens with zero attached hydrogens (tertiary/aromatic N) is 3. The second-order valence-electron chi connectivity index (χ2n) is 12.7. The lowest BCUT2D eigenvalue weighted by molar-refractivity contribution is -0.0774. The highest BCUT2D eigenvalue weighted by Crippen LogP contribution is 2.55. The smallest absolute Gasteiger partial charge is 0.253 e. The highest BCUT2D eigenvalue weighted by atomic mass is 16.5. The van der Waals surface area contributed by atoms with Crippen molar-refractivity contribution >= 4 is 55.4 Å². The molecule has 7 heteroatoms. The van der Waals surface area contributed by atoms with Gasteiger partial charge in [0.2, 0.25) is 0 Å². The summed E-state index contributed by atoms with van der Waals surface area (Å²) in [6.45, 7) is 2.82. The number of methoxy groups -OCH3 is 1. The van der Waals surface area contributed by atoms with Crippen LogP contribution < -0.4 is 5.32 Å². The molecule has 1 N–H and O–H groups in total. The average Bonchev–Trinajstić information content (AvgIpc) is 3.68. The van der Waals surface area contributed by atoms with E-state index in [4.69, 9.17) is 4.74 Å². The van der Waals surface area contributed by atoms with Crippen molar-refractivity contribution in [2.24, 2.45) is 0 Å². The number of para-hydroxylation sites is 2. The first-order chi connectivity index (χ1) is 20.9. The predicted molar refractivity (Wildman–Crippen MR) is 169 cm³/mol. The molecule has 0 radical (unpaired) electrons. The fraction of sp³-hybridized carbons (Fsp3) is 0.278. The molecule has 2 aliphatic heterocycles. The van der Waals surface area contributed by atoms with Crippen LogP contribution in [0.4, 0.5) is 0 Å². The van der Waals surface area contributed by atoms with Gasteiger partial charge in [0.25, 0.3) is 11.8 Å². The number of nitrogens with one attached hydrogen (secondary N) is 1. The molecular formula is C36H32N4O3. The molecule has 3 aliphatic rings. The Hall–Kier alpha value is -4.62. The largest absolute Gasteiger partial charge is 0.377 e. The van der Waals surface area contributed by atoms with Crippen LogP contribution in [0.3, 0.4) is 0 Å². The van der Waals surface area contributed by atoms with E-state index >= 15 is 0 Å². The van der Waals surface area contributed by atoms with Crippen molar-refractivity contribution in [3.63, 3.8) is 0 Å². The normalized spacial score (nSPS) is 24.2. The van der Waals surface area contributed by atoms with Crippen molar-refractivity contribution in [2.75, 3.05) is 14.2 Å². The lowest BCUT2D eigenvalue weighted by atomic mass is 9.74. The fourth-order valence-corrected chi connectivity index (χ4v) is 9.00. The number of ether oxygens (including phenoxy) is 1. The average molecular weight is 569 g/mol. The van der Waals surface area contributed by atoms with Gasteiger partial charge in [-0.15, -0.1) is 0 Å². The van der Waals surface area contributed by atoms with E-state index in [2.05, 4.69) is 69.9 Å². The van der Waals surface area contributed by atoms with Gasteiger partial charge in [0.15, 0.2) is 0 Å². The van der Waals surface area contributed by atoms with E-state index in [0.29, 0.717) is 12.1 Å². The number of rotatable bonds is 3. The quantitative estimate of drug-likeness (QED) is 0.270. The molecule has 43 heavy (non-hydrogen) atoms. The third-order valence-corrected chi connectivity index (χ3v) is 10.6. The maximum atomic E-state index is 13.9. The van der Waals surface area contributed by atoms with E-state index in [1.165, 1.54) is 0 Å². The minimum Gasteiger partial charge on any atom is -0.377 e. The number of benzene rings is 4. The summed E-state index contributed by atoms with van der Waals surface area (Å²) in [5.74, 6) is -0.0102. The molecule has 9 rings (SSSR count). The van der Waals surface area contributed by atoms with Gasteiger partial charge in [-0.3, -0.25) is 9.59 Å². The summed E-state index contributed by atoms with van der Waals surface area (Å²) in [5.41, 5.74) is 6.61. The molecule has 4 atom stereocenters. The molecular weight excluding hydrogens is 536 g/mol. The van der Waals surface area contributed by atoms with Crippen LogP contribution in [0.15, 0.2) is 78.9 Å². The van der Waals surface area contributed by atoms with Gasteiger partial charge in [0, 0.05) is 64.9 Å². The first kappa shape index (κ1) is 24.9. The summed E-state index contributed by atoms with van der Waals surface area (Å²) >= 11 is 0. The van der Waals surface area contributed by atoms with Crippen LogP contribution >= 0.6 is 0 Å². The topological polar surface area (TPSA) is 68.5 Å². The Balaban J connectivity index is 1.43. The second-order valence-corrected chi connectivity index (χ2v) is 12.7. The number of amides is 2. The molecule has 4 aromatic carbocycles. The minimum atomic E-state index is -0.480. The van der Waals surface area contributed by atoms with Gasteiger partial charge >= 0.3 is 0 Å². The Morgan fingerprint density at radius 1 is 0.930 bits per heavy atom. The van der Waals surface area contributed by atoms with Gasteiger partial charge in [-0.1, -0.05) is 54.6 Å². The van der Waals surface area contributed by atoms with Crippen LogP contribution in [0.5, 0.6) is 0 Å². The van der Waals surface area contributed by atoms with Crippen molar-refractivity contribution < 1.29 is 14.3 Å². The summed E-state index contributed by atoms with van der Waals surface area (Å²) < 4.78 is 11.5. The molecule has 2 unspecified atom stereocenters. The third-order valence-electron chi connectivity index (χ3n) is 10.6. The SMILES string of the molecule is COC1C(N(C)C(=O)c2ccccc2)C[C@H]2C[C@]1(C)n1c3ccccc3c3c4c(c5c6ccccc6n2c5c31)C(=O)NC4. The minimum absolute atomic E-state index is 0.00380. The molecule has 1 saturated carbocycles. The van der Waals surface area contributed by atoms with Crippen LogP contribution in [-0.2, 0) is 16.8 Å². The van der Waals surface area contributed by atoms with Gasteiger partial charge in [-0.2, -0.15) is 0 Å². The molecule has 1 fully saturated rings. The van der Waals surface area contributed by atoms with Gasteiger partial charge in [-0.25, -0.2) is 0 Å². The first-order valence-electron chi connectivity index (χ1n) is 15.1. The van der Waals surface area contributed by atoms with E-state index in [1.54, 1.807) is 7.11 Å². The van der Waals surface area contributed by atoms with Gasteiger partial charge in [0.1, 0.15) is 6.10 Å². The number of hydrogen-bond donors (Lipinski definition) is 1. The highest BCUT2D eigenvalue weighted by molar-refractivity contribution is 6.31. The van der Waals surface area contributed by atoms with E-state index in [1.807, 2.05) is 42.3 Å². The van der Waals surface area contributed by atoms with E-state index in [9.17, 15) is 9.59 Å². The summed E-state index contributed by atoms with van der Waals surface area (Å²) in [5, 5.41) is 7.59. The Kier molecular flexibility index (Phi) is 4.92. The molecule has 6 aromatic rings. The Morgan fingerprint density at radius 3 is 2.35 bits per heavy atom.